The first-order valence-electron chi connectivity index (χ1n) is 4.96. The maximum atomic E-state index is 9.23. The van der Waals surface area contributed by atoms with Crippen LogP contribution in [0.15, 0.2) is 10.9 Å². The number of nitriles is 1. The molecule has 0 spiro atoms. The number of halogens is 1. The maximum Gasteiger partial charge on any atom is 0.141 e. The largest absolute Gasteiger partial charge is 0.334 e. The minimum atomic E-state index is -0.234. The van der Waals surface area contributed by atoms with E-state index in [9.17, 15) is 5.26 Å². The van der Waals surface area contributed by atoms with Gasteiger partial charge in [-0.2, -0.15) is 5.26 Å². The minimum absolute atomic E-state index is 0.234. The van der Waals surface area contributed by atoms with Crippen molar-refractivity contribution in [2.75, 3.05) is 13.1 Å². The van der Waals surface area contributed by atoms with Crippen molar-refractivity contribution in [1.29, 1.82) is 5.26 Å². The Morgan fingerprint density at radius 3 is 2.53 bits per heavy atom. The van der Waals surface area contributed by atoms with Gasteiger partial charge in [0.05, 0.1) is 18.1 Å². The van der Waals surface area contributed by atoms with Crippen LogP contribution in [0.2, 0.25) is 0 Å². The Kier molecular flexibility index (Phi) is 4.30. The molecule has 0 aliphatic rings. The van der Waals surface area contributed by atoms with Crippen LogP contribution in [0.4, 0.5) is 0 Å². The first-order valence-corrected chi connectivity index (χ1v) is 5.75. The smallest absolute Gasteiger partial charge is 0.141 e. The fraction of sp³-hybridized carbons (Fsp3) is 0.600. The SMILES string of the molecule is CCN(CC)C(C#N)c1c(Br)ncn1C. The van der Waals surface area contributed by atoms with Gasteiger partial charge in [0.25, 0.3) is 0 Å². The van der Waals surface area contributed by atoms with E-state index in [2.05, 4.69) is 45.7 Å². The lowest BCUT2D eigenvalue weighted by Crippen LogP contribution is -2.29. The molecule has 1 rings (SSSR count). The molecule has 0 aliphatic carbocycles. The molecule has 15 heavy (non-hydrogen) atoms. The van der Waals surface area contributed by atoms with Crippen molar-refractivity contribution in [2.24, 2.45) is 7.05 Å². The number of nitrogens with zero attached hydrogens (tertiary/aromatic N) is 4. The highest BCUT2D eigenvalue weighted by Gasteiger charge is 2.23. The summed E-state index contributed by atoms with van der Waals surface area (Å²) in [5, 5.41) is 9.23. The first kappa shape index (κ1) is 12.2. The topological polar surface area (TPSA) is 44.9 Å². The molecular weight excluding hydrogens is 256 g/mol. The van der Waals surface area contributed by atoms with Gasteiger partial charge < -0.3 is 4.57 Å². The summed E-state index contributed by atoms with van der Waals surface area (Å²) in [5.41, 5.74) is 0.918. The summed E-state index contributed by atoms with van der Waals surface area (Å²) in [5.74, 6) is 0. The van der Waals surface area contributed by atoms with Gasteiger partial charge in [0, 0.05) is 7.05 Å². The van der Waals surface area contributed by atoms with Crippen molar-refractivity contribution in [3.8, 4) is 6.07 Å². The Bertz CT molecular complexity index is 342. The average molecular weight is 271 g/mol. The van der Waals surface area contributed by atoms with E-state index in [0.717, 1.165) is 23.4 Å². The van der Waals surface area contributed by atoms with Crippen LogP contribution in [0.3, 0.4) is 0 Å². The highest BCUT2D eigenvalue weighted by molar-refractivity contribution is 9.10. The van der Waals surface area contributed by atoms with Crippen molar-refractivity contribution in [1.82, 2.24) is 14.5 Å². The van der Waals surface area contributed by atoms with Crippen molar-refractivity contribution in [2.45, 2.75) is 19.9 Å². The van der Waals surface area contributed by atoms with Crippen molar-refractivity contribution < 1.29 is 0 Å². The van der Waals surface area contributed by atoms with Crippen LogP contribution in [0.25, 0.3) is 0 Å². The number of imidazole rings is 1. The second kappa shape index (κ2) is 5.29. The maximum absolute atomic E-state index is 9.23. The molecule has 0 bridgehead atoms. The second-order valence-corrected chi connectivity index (χ2v) is 4.04. The van der Waals surface area contributed by atoms with Gasteiger partial charge in [-0.15, -0.1) is 0 Å². The van der Waals surface area contributed by atoms with Gasteiger partial charge in [-0.25, -0.2) is 4.98 Å². The van der Waals surface area contributed by atoms with E-state index in [1.807, 2.05) is 11.6 Å². The van der Waals surface area contributed by atoms with Gasteiger partial charge in [0.1, 0.15) is 10.6 Å². The first-order chi connectivity index (χ1) is 7.15. The van der Waals surface area contributed by atoms with E-state index in [0.29, 0.717) is 0 Å². The molecule has 0 saturated carbocycles. The Labute approximate surface area is 98.6 Å². The fourth-order valence-electron chi connectivity index (χ4n) is 1.62. The van der Waals surface area contributed by atoms with Gasteiger partial charge in [-0.1, -0.05) is 13.8 Å². The fourth-order valence-corrected chi connectivity index (χ4v) is 2.21. The number of hydrogen-bond acceptors (Lipinski definition) is 3. The van der Waals surface area contributed by atoms with Crippen LogP contribution in [-0.4, -0.2) is 27.5 Å². The Morgan fingerprint density at radius 1 is 1.60 bits per heavy atom. The van der Waals surface area contributed by atoms with E-state index in [4.69, 9.17) is 0 Å². The third kappa shape index (κ3) is 2.39. The lowest BCUT2D eigenvalue weighted by atomic mass is 10.2. The highest BCUT2D eigenvalue weighted by atomic mass is 79.9. The number of aromatic nitrogens is 2. The van der Waals surface area contributed by atoms with Crippen LogP contribution in [0, 0.1) is 11.3 Å². The molecule has 1 aromatic heterocycles. The van der Waals surface area contributed by atoms with Crippen LogP contribution in [0.5, 0.6) is 0 Å². The number of hydrogen-bond donors (Lipinski definition) is 0. The number of rotatable bonds is 4. The summed E-state index contributed by atoms with van der Waals surface area (Å²) in [6.07, 6.45) is 1.72. The molecule has 1 unspecified atom stereocenters. The molecule has 1 aromatic rings. The highest BCUT2D eigenvalue weighted by Crippen LogP contribution is 2.25. The molecule has 0 fully saturated rings. The molecule has 0 amide bonds. The molecule has 1 heterocycles. The Morgan fingerprint density at radius 2 is 2.20 bits per heavy atom. The summed E-state index contributed by atoms with van der Waals surface area (Å²) < 4.78 is 2.64. The van der Waals surface area contributed by atoms with Crippen LogP contribution >= 0.6 is 15.9 Å². The normalized spacial score (nSPS) is 12.8. The minimum Gasteiger partial charge on any atom is -0.334 e. The molecule has 0 aromatic carbocycles. The molecule has 0 N–H and O–H groups in total. The lowest BCUT2D eigenvalue weighted by molar-refractivity contribution is 0.254. The monoisotopic (exact) mass is 270 g/mol. The lowest BCUT2D eigenvalue weighted by Gasteiger charge is -2.24. The van der Waals surface area contributed by atoms with Crippen molar-refractivity contribution >= 4 is 15.9 Å². The van der Waals surface area contributed by atoms with Gasteiger partial charge in [-0.3, -0.25) is 4.90 Å². The molecule has 4 nitrogen and oxygen atoms in total. The molecule has 0 aliphatic heterocycles. The standard InChI is InChI=1S/C10H15BrN4/c1-4-15(5-2)8(6-12)9-10(11)13-7-14(9)3/h7-8H,4-5H2,1-3H3. The van der Waals surface area contributed by atoms with Crippen LogP contribution < -0.4 is 0 Å². The summed E-state index contributed by atoms with van der Waals surface area (Å²) in [6.45, 7) is 5.81. The third-order valence-corrected chi connectivity index (χ3v) is 3.11. The summed E-state index contributed by atoms with van der Waals surface area (Å²) in [7, 11) is 1.90. The zero-order chi connectivity index (χ0) is 11.4. The zero-order valence-electron chi connectivity index (χ0n) is 9.24. The van der Waals surface area contributed by atoms with E-state index in [-0.39, 0.29) is 6.04 Å². The quantitative estimate of drug-likeness (QED) is 0.842. The van der Waals surface area contributed by atoms with Gasteiger partial charge in [-0.05, 0) is 29.0 Å². The van der Waals surface area contributed by atoms with Crippen LogP contribution in [0.1, 0.15) is 25.6 Å². The van der Waals surface area contributed by atoms with Crippen molar-refractivity contribution in [3.05, 3.63) is 16.6 Å². The van der Waals surface area contributed by atoms with Gasteiger partial charge >= 0.3 is 0 Å². The Balaban J connectivity index is 3.08. The third-order valence-electron chi connectivity index (χ3n) is 2.49. The van der Waals surface area contributed by atoms with E-state index < -0.39 is 0 Å². The summed E-state index contributed by atoms with van der Waals surface area (Å²) >= 11 is 3.38. The van der Waals surface area contributed by atoms with E-state index in [1.54, 1.807) is 6.33 Å². The molecule has 0 radical (unpaired) electrons. The van der Waals surface area contributed by atoms with Gasteiger partial charge in [0.15, 0.2) is 0 Å². The average Bonchev–Trinajstić information content (AvgIpc) is 2.56. The second-order valence-electron chi connectivity index (χ2n) is 3.28. The van der Waals surface area contributed by atoms with E-state index >= 15 is 0 Å². The molecule has 0 saturated heterocycles. The van der Waals surface area contributed by atoms with Crippen LogP contribution in [-0.2, 0) is 7.05 Å². The van der Waals surface area contributed by atoms with Gasteiger partial charge in [0.2, 0.25) is 0 Å². The predicted octanol–water partition coefficient (Wildman–Crippen LogP) is 2.09. The van der Waals surface area contributed by atoms with Crippen molar-refractivity contribution in [3.63, 3.8) is 0 Å². The van der Waals surface area contributed by atoms with E-state index in [1.165, 1.54) is 0 Å². The zero-order valence-corrected chi connectivity index (χ0v) is 10.8. The predicted molar refractivity (Wildman–Crippen MR) is 62.2 cm³/mol. The summed E-state index contributed by atoms with van der Waals surface area (Å²) in [4.78, 5) is 6.24. The molecular formula is C10H15BrN4. The molecule has 5 heteroatoms. The summed E-state index contributed by atoms with van der Waals surface area (Å²) in [6, 6.07) is 2.09. The molecule has 1 atom stereocenters. The Hall–Kier alpha value is -0.860. The number of aryl methyl sites for hydroxylation is 1. The molecule has 82 valence electrons.